The zero-order chi connectivity index (χ0) is 30.0. The van der Waals surface area contributed by atoms with E-state index in [1.54, 1.807) is 23.5 Å². The molecule has 2 N–H and O–H groups in total. The molecule has 8 rings (SSSR count). The molecule has 44 heavy (non-hydrogen) atoms. The first kappa shape index (κ1) is 27.7. The summed E-state index contributed by atoms with van der Waals surface area (Å²) < 4.78 is 32.1. The fourth-order valence-corrected chi connectivity index (χ4v) is 9.57. The summed E-state index contributed by atoms with van der Waals surface area (Å²) in [6.07, 6.45) is 6.66. The maximum absolute atomic E-state index is 14.2. The number of hydrogen-bond acceptors (Lipinski definition) is 4. The highest BCUT2D eigenvalue weighted by Crippen LogP contribution is 2.45. The fraction of sp³-hybridized carbons (Fsp3) is 0.167. The van der Waals surface area contributed by atoms with E-state index >= 15 is 0 Å². The summed E-state index contributed by atoms with van der Waals surface area (Å²) in [5.41, 5.74) is 7.37. The van der Waals surface area contributed by atoms with E-state index in [0.29, 0.717) is 16.8 Å². The van der Waals surface area contributed by atoms with Crippen LogP contribution < -0.4 is 5.32 Å². The van der Waals surface area contributed by atoms with Crippen molar-refractivity contribution in [1.82, 2.24) is 8.96 Å². The van der Waals surface area contributed by atoms with Gasteiger partial charge in [-0.15, -0.1) is 11.3 Å². The summed E-state index contributed by atoms with van der Waals surface area (Å²) >= 11 is 5.44. The molecule has 4 aromatic carbocycles. The van der Waals surface area contributed by atoms with E-state index in [1.165, 1.54) is 35.4 Å². The number of anilines is 1. The number of halogens is 1. The van der Waals surface area contributed by atoms with Crippen LogP contribution in [0, 0.1) is 6.92 Å². The average molecular weight is 681 g/mol. The van der Waals surface area contributed by atoms with E-state index in [1.807, 2.05) is 31.3 Å². The standard InChI is InChI=1S/C36H30BrN3O2S2/c1-22-8-11-27(12-9-22)44(41,42)40-21-24(18-26-17-23-5-2-3-7-34(23)43-26)35-33(40)15-13-29-28(6-4-16-38-36(29)35)31-20-39-32-14-10-25(37)19-30(31)32/h2-3,5,7-15,17,19-21,28,38-39H,4,6,16,18H2,1H3. The number of fused-ring (bicyclic) bond motifs is 5. The summed E-state index contributed by atoms with van der Waals surface area (Å²) in [5.74, 6) is 0.168. The number of nitrogens with zero attached hydrogens (tertiary/aromatic N) is 1. The molecule has 1 aliphatic heterocycles. The van der Waals surface area contributed by atoms with Crippen LogP contribution in [-0.2, 0) is 16.4 Å². The number of H-pyrrole nitrogens is 1. The molecule has 1 unspecified atom stereocenters. The van der Waals surface area contributed by atoms with Gasteiger partial charge in [0.25, 0.3) is 10.0 Å². The summed E-state index contributed by atoms with van der Waals surface area (Å²) in [5, 5.41) is 7.17. The van der Waals surface area contributed by atoms with Gasteiger partial charge < -0.3 is 10.3 Å². The fourth-order valence-electron chi connectivity index (χ4n) is 6.74. The summed E-state index contributed by atoms with van der Waals surface area (Å²) in [6, 6.07) is 28.3. The van der Waals surface area contributed by atoms with Crippen LogP contribution in [0.15, 0.2) is 107 Å². The van der Waals surface area contributed by atoms with Crippen LogP contribution in [0.2, 0.25) is 0 Å². The number of thiophene rings is 1. The molecule has 220 valence electrons. The van der Waals surface area contributed by atoms with Gasteiger partial charge in [0.2, 0.25) is 0 Å². The van der Waals surface area contributed by atoms with Crippen LogP contribution in [0.1, 0.15) is 45.9 Å². The van der Waals surface area contributed by atoms with Crippen LogP contribution >= 0.6 is 27.3 Å². The Labute approximate surface area is 268 Å². The molecule has 5 nitrogen and oxygen atoms in total. The monoisotopic (exact) mass is 679 g/mol. The van der Waals surface area contributed by atoms with Gasteiger partial charge in [-0.2, -0.15) is 0 Å². The van der Waals surface area contributed by atoms with Crippen molar-refractivity contribution in [3.8, 4) is 0 Å². The Morgan fingerprint density at radius 2 is 1.82 bits per heavy atom. The zero-order valence-corrected chi connectivity index (χ0v) is 27.3. The molecule has 0 radical (unpaired) electrons. The number of aryl methyl sites for hydroxylation is 1. The Bertz CT molecular complexity index is 2280. The Morgan fingerprint density at radius 3 is 2.66 bits per heavy atom. The number of hydrogen-bond donors (Lipinski definition) is 2. The van der Waals surface area contributed by atoms with Crippen molar-refractivity contribution in [3.63, 3.8) is 0 Å². The van der Waals surface area contributed by atoms with E-state index in [4.69, 9.17) is 0 Å². The van der Waals surface area contributed by atoms with Crippen molar-refractivity contribution >= 4 is 74.9 Å². The van der Waals surface area contributed by atoms with Gasteiger partial charge >= 0.3 is 0 Å². The van der Waals surface area contributed by atoms with E-state index in [9.17, 15) is 8.42 Å². The van der Waals surface area contributed by atoms with Crippen LogP contribution in [0.25, 0.3) is 31.9 Å². The van der Waals surface area contributed by atoms with Crippen molar-refractivity contribution < 1.29 is 8.42 Å². The van der Waals surface area contributed by atoms with Gasteiger partial charge in [0.15, 0.2) is 0 Å². The van der Waals surface area contributed by atoms with E-state index in [2.05, 4.69) is 87.0 Å². The lowest BCUT2D eigenvalue weighted by Crippen LogP contribution is -2.12. The van der Waals surface area contributed by atoms with Crippen molar-refractivity contribution in [2.24, 2.45) is 0 Å². The second kappa shape index (κ2) is 10.6. The Hall–Kier alpha value is -3.85. The highest BCUT2D eigenvalue weighted by atomic mass is 79.9. The molecule has 0 saturated heterocycles. The Morgan fingerprint density at radius 1 is 0.977 bits per heavy atom. The van der Waals surface area contributed by atoms with Crippen LogP contribution in [-0.4, -0.2) is 23.9 Å². The smallest absolute Gasteiger partial charge is 0.268 e. The van der Waals surface area contributed by atoms with E-state index < -0.39 is 10.0 Å². The number of aromatic nitrogens is 2. The van der Waals surface area contributed by atoms with Gasteiger partial charge in [0.05, 0.1) is 10.4 Å². The predicted octanol–water partition coefficient (Wildman–Crippen LogP) is 9.57. The van der Waals surface area contributed by atoms with Gasteiger partial charge in [-0.1, -0.05) is 57.9 Å². The van der Waals surface area contributed by atoms with Crippen LogP contribution in [0.3, 0.4) is 0 Å². The molecule has 7 aromatic rings. The lowest BCUT2D eigenvalue weighted by Gasteiger charge is -2.19. The third kappa shape index (κ3) is 4.59. The largest absolute Gasteiger partial charge is 0.384 e. The minimum Gasteiger partial charge on any atom is -0.384 e. The quantitative estimate of drug-likeness (QED) is 0.190. The minimum atomic E-state index is -3.82. The first-order valence-corrected chi connectivity index (χ1v) is 17.9. The topological polar surface area (TPSA) is 66.9 Å². The Balaban J connectivity index is 1.35. The lowest BCUT2D eigenvalue weighted by molar-refractivity contribution is 0.589. The highest BCUT2D eigenvalue weighted by Gasteiger charge is 2.29. The van der Waals surface area contributed by atoms with Gasteiger partial charge in [0.1, 0.15) is 0 Å². The minimum absolute atomic E-state index is 0.168. The highest BCUT2D eigenvalue weighted by molar-refractivity contribution is 9.10. The van der Waals surface area contributed by atoms with Crippen molar-refractivity contribution in [1.29, 1.82) is 0 Å². The van der Waals surface area contributed by atoms with Gasteiger partial charge in [-0.05, 0) is 90.4 Å². The molecule has 0 spiro atoms. The van der Waals surface area contributed by atoms with Gasteiger partial charge in [0, 0.05) is 67.3 Å². The summed E-state index contributed by atoms with van der Waals surface area (Å²) in [6.45, 7) is 2.79. The molecule has 1 atom stereocenters. The molecular formula is C36H30BrN3O2S2. The number of benzene rings is 4. The molecule has 0 amide bonds. The number of nitrogens with one attached hydrogen (secondary N) is 2. The van der Waals surface area contributed by atoms with E-state index in [-0.39, 0.29) is 5.92 Å². The molecule has 1 aliphatic rings. The number of rotatable bonds is 5. The van der Waals surface area contributed by atoms with Crippen molar-refractivity contribution in [2.45, 2.75) is 37.0 Å². The van der Waals surface area contributed by atoms with Crippen molar-refractivity contribution in [3.05, 3.63) is 129 Å². The zero-order valence-electron chi connectivity index (χ0n) is 24.1. The predicted molar refractivity (Wildman–Crippen MR) is 186 cm³/mol. The lowest BCUT2D eigenvalue weighted by atomic mass is 9.86. The van der Waals surface area contributed by atoms with E-state index in [0.717, 1.165) is 51.6 Å². The first-order valence-electron chi connectivity index (χ1n) is 14.8. The maximum atomic E-state index is 14.2. The Kier molecular flexibility index (Phi) is 6.70. The first-order chi connectivity index (χ1) is 21.4. The van der Waals surface area contributed by atoms with Crippen LogP contribution in [0.5, 0.6) is 0 Å². The normalized spacial score (nSPS) is 15.5. The molecule has 0 fully saturated rings. The molecule has 0 bridgehead atoms. The molecule has 0 aliphatic carbocycles. The second-order valence-corrected chi connectivity index (χ2v) is 15.6. The third-order valence-electron chi connectivity index (χ3n) is 8.86. The maximum Gasteiger partial charge on any atom is 0.268 e. The number of aromatic amines is 1. The third-order valence-corrected chi connectivity index (χ3v) is 12.2. The van der Waals surface area contributed by atoms with Crippen molar-refractivity contribution in [2.75, 3.05) is 11.9 Å². The average Bonchev–Trinajstić information content (AvgIpc) is 3.69. The second-order valence-electron chi connectivity index (χ2n) is 11.7. The summed E-state index contributed by atoms with van der Waals surface area (Å²) in [4.78, 5) is 4.98. The molecular weight excluding hydrogens is 650 g/mol. The SMILES string of the molecule is Cc1ccc(S(=O)(=O)n2cc(Cc3cc4ccccc4s3)c3c4c(ccc32)C(c2c[nH]c3ccc(Br)cc23)CCCN4)cc1. The summed E-state index contributed by atoms with van der Waals surface area (Å²) in [7, 11) is -3.82. The van der Waals surface area contributed by atoms with Gasteiger partial charge in [-0.25, -0.2) is 12.4 Å². The molecule has 4 heterocycles. The molecule has 3 aromatic heterocycles. The van der Waals surface area contributed by atoms with Gasteiger partial charge in [-0.3, -0.25) is 0 Å². The van der Waals surface area contributed by atoms with Crippen LogP contribution in [0.4, 0.5) is 5.69 Å². The molecule has 8 heteroatoms. The molecule has 0 saturated carbocycles.